The zero-order chi connectivity index (χ0) is 26.7. The molecule has 0 bridgehead atoms. The molecule has 0 aromatic heterocycles. The minimum Gasteiger partial charge on any atom is -0.508 e. The normalized spacial score (nSPS) is 17.2. The number of aromatic hydroxyl groups is 4. The SMILES string of the molecule is C=C(C)[C@@H]1CCC(C)=C[C@H]1c1c(O)cc(CCCCC)cc1O.CCCCCc1cc(O)cc(O)c1. The highest BCUT2D eigenvalue weighted by Crippen LogP contribution is 2.46. The van der Waals surface area contributed by atoms with E-state index in [1.54, 1.807) is 12.1 Å². The van der Waals surface area contributed by atoms with E-state index in [-0.39, 0.29) is 34.8 Å². The maximum atomic E-state index is 10.5. The Morgan fingerprint density at radius 1 is 0.806 bits per heavy atom. The molecule has 4 nitrogen and oxygen atoms in total. The summed E-state index contributed by atoms with van der Waals surface area (Å²) in [5.74, 6) is 1.03. The van der Waals surface area contributed by atoms with Gasteiger partial charge in [0.15, 0.2) is 0 Å². The molecule has 2 atom stereocenters. The lowest BCUT2D eigenvalue weighted by Gasteiger charge is -2.31. The van der Waals surface area contributed by atoms with E-state index in [2.05, 4.69) is 33.4 Å². The highest BCUT2D eigenvalue weighted by atomic mass is 16.3. The Hall–Kier alpha value is -2.88. The van der Waals surface area contributed by atoms with Crippen LogP contribution in [-0.2, 0) is 12.8 Å². The van der Waals surface area contributed by atoms with Crippen LogP contribution in [-0.4, -0.2) is 20.4 Å². The van der Waals surface area contributed by atoms with E-state index < -0.39 is 0 Å². The maximum absolute atomic E-state index is 10.5. The minimum absolute atomic E-state index is 0.0194. The standard InChI is InChI=1S/C21H30O2.C11H16O2/c1-5-6-7-8-16-12-19(22)21(20(23)13-16)18-11-15(4)9-10-17(18)14(2)3;1-2-3-4-5-9-6-10(12)8-11(13)7-9/h11-13,17-18,22-23H,2,5-10H2,1,3-4H3;6-8,12-13H,2-5H2,1H3/t17-,18+;/m0./s1. The van der Waals surface area contributed by atoms with Gasteiger partial charge in [0.2, 0.25) is 0 Å². The van der Waals surface area contributed by atoms with E-state index in [1.807, 2.05) is 19.1 Å². The summed E-state index contributed by atoms with van der Waals surface area (Å²) in [6, 6.07) is 8.42. The van der Waals surface area contributed by atoms with E-state index in [1.165, 1.54) is 37.3 Å². The number of allylic oxidation sites excluding steroid dienone is 3. The molecule has 0 saturated carbocycles. The highest BCUT2D eigenvalue weighted by Gasteiger charge is 2.30. The number of rotatable bonds is 10. The van der Waals surface area contributed by atoms with Crippen molar-refractivity contribution in [1.29, 1.82) is 0 Å². The fraction of sp³-hybridized carbons (Fsp3) is 0.500. The molecule has 2 aromatic carbocycles. The minimum atomic E-state index is 0.0194. The molecule has 1 aliphatic rings. The topological polar surface area (TPSA) is 80.9 Å². The van der Waals surface area contributed by atoms with Gasteiger partial charge in [-0.2, -0.15) is 0 Å². The third-order valence-corrected chi connectivity index (χ3v) is 7.01. The van der Waals surface area contributed by atoms with E-state index >= 15 is 0 Å². The zero-order valence-electron chi connectivity index (χ0n) is 22.7. The number of hydrogen-bond acceptors (Lipinski definition) is 4. The number of aryl methyl sites for hydroxylation is 2. The molecule has 198 valence electrons. The molecule has 0 saturated heterocycles. The second-order valence-corrected chi connectivity index (χ2v) is 10.3. The second kappa shape index (κ2) is 14.6. The van der Waals surface area contributed by atoms with Crippen molar-refractivity contribution in [3.63, 3.8) is 0 Å². The van der Waals surface area contributed by atoms with Gasteiger partial charge in [-0.05, 0) is 93.7 Å². The summed E-state index contributed by atoms with van der Waals surface area (Å²) in [6.45, 7) is 12.6. The van der Waals surface area contributed by atoms with E-state index in [0.29, 0.717) is 5.56 Å². The van der Waals surface area contributed by atoms with Crippen molar-refractivity contribution in [2.75, 3.05) is 0 Å². The Morgan fingerprint density at radius 2 is 1.31 bits per heavy atom. The van der Waals surface area contributed by atoms with Gasteiger partial charge in [-0.15, -0.1) is 0 Å². The summed E-state index contributed by atoms with van der Waals surface area (Å²) in [4.78, 5) is 0. The van der Waals surface area contributed by atoms with Crippen LogP contribution in [0.3, 0.4) is 0 Å². The van der Waals surface area contributed by atoms with Gasteiger partial charge in [-0.25, -0.2) is 0 Å². The fourth-order valence-corrected chi connectivity index (χ4v) is 5.03. The van der Waals surface area contributed by atoms with E-state index in [4.69, 9.17) is 0 Å². The fourth-order valence-electron chi connectivity index (χ4n) is 5.03. The van der Waals surface area contributed by atoms with Crippen LogP contribution in [0.5, 0.6) is 23.0 Å². The van der Waals surface area contributed by atoms with Crippen LogP contribution < -0.4 is 0 Å². The third-order valence-electron chi connectivity index (χ3n) is 7.01. The first kappa shape index (κ1) is 29.4. The van der Waals surface area contributed by atoms with Gasteiger partial charge >= 0.3 is 0 Å². The van der Waals surface area contributed by atoms with Crippen LogP contribution in [0.4, 0.5) is 0 Å². The van der Waals surface area contributed by atoms with Crippen LogP contribution >= 0.6 is 0 Å². The molecular formula is C32H46O4. The van der Waals surface area contributed by atoms with Crippen molar-refractivity contribution < 1.29 is 20.4 Å². The summed E-state index contributed by atoms with van der Waals surface area (Å²) in [6.07, 6.45) is 13.0. The molecule has 1 aliphatic carbocycles. The van der Waals surface area contributed by atoms with Crippen LogP contribution in [0.25, 0.3) is 0 Å². The molecule has 0 unspecified atom stereocenters. The van der Waals surface area contributed by atoms with Crippen molar-refractivity contribution in [2.45, 2.75) is 97.8 Å². The number of phenols is 4. The molecule has 0 heterocycles. The summed E-state index contributed by atoms with van der Waals surface area (Å²) in [5.41, 5.74) is 5.12. The second-order valence-electron chi connectivity index (χ2n) is 10.3. The molecule has 0 aliphatic heterocycles. The summed E-state index contributed by atoms with van der Waals surface area (Å²) < 4.78 is 0. The molecule has 0 amide bonds. The lowest BCUT2D eigenvalue weighted by molar-refractivity contribution is 0.406. The number of hydrogen-bond donors (Lipinski definition) is 4. The molecule has 2 aromatic rings. The van der Waals surface area contributed by atoms with Crippen molar-refractivity contribution >= 4 is 0 Å². The number of phenolic OH excluding ortho intramolecular Hbond substituents is 4. The van der Waals surface area contributed by atoms with Gasteiger partial charge in [0.25, 0.3) is 0 Å². The van der Waals surface area contributed by atoms with Crippen molar-refractivity contribution in [3.05, 3.63) is 70.8 Å². The highest BCUT2D eigenvalue weighted by molar-refractivity contribution is 5.51. The van der Waals surface area contributed by atoms with E-state index in [9.17, 15) is 20.4 Å². The van der Waals surface area contributed by atoms with Crippen molar-refractivity contribution in [2.24, 2.45) is 5.92 Å². The van der Waals surface area contributed by atoms with Gasteiger partial charge in [-0.1, -0.05) is 63.3 Å². The quantitative estimate of drug-likeness (QED) is 0.197. The molecular weight excluding hydrogens is 448 g/mol. The Morgan fingerprint density at radius 3 is 1.78 bits per heavy atom. The average Bonchev–Trinajstić information content (AvgIpc) is 2.79. The first-order valence-electron chi connectivity index (χ1n) is 13.6. The summed E-state index contributed by atoms with van der Waals surface area (Å²) in [7, 11) is 0. The lowest BCUT2D eigenvalue weighted by Crippen LogP contribution is -2.17. The van der Waals surface area contributed by atoms with Crippen LogP contribution in [0, 0.1) is 5.92 Å². The molecule has 0 radical (unpaired) electrons. The van der Waals surface area contributed by atoms with Crippen LogP contribution in [0.2, 0.25) is 0 Å². The van der Waals surface area contributed by atoms with Gasteiger partial charge in [0.1, 0.15) is 23.0 Å². The van der Waals surface area contributed by atoms with Gasteiger partial charge < -0.3 is 20.4 Å². The number of benzene rings is 2. The van der Waals surface area contributed by atoms with E-state index in [0.717, 1.165) is 55.2 Å². The zero-order valence-corrected chi connectivity index (χ0v) is 22.7. The first-order chi connectivity index (χ1) is 17.2. The average molecular weight is 495 g/mol. The lowest BCUT2D eigenvalue weighted by atomic mass is 9.73. The van der Waals surface area contributed by atoms with Gasteiger partial charge in [0.05, 0.1) is 0 Å². The largest absolute Gasteiger partial charge is 0.508 e. The number of unbranched alkanes of at least 4 members (excludes halogenated alkanes) is 4. The first-order valence-corrected chi connectivity index (χ1v) is 13.6. The third kappa shape index (κ3) is 8.96. The van der Waals surface area contributed by atoms with Gasteiger partial charge in [-0.3, -0.25) is 0 Å². The molecule has 4 heteroatoms. The Labute approximate surface area is 218 Å². The Bertz CT molecular complexity index is 978. The molecule has 4 N–H and O–H groups in total. The monoisotopic (exact) mass is 494 g/mol. The smallest absolute Gasteiger partial charge is 0.123 e. The molecule has 0 spiro atoms. The maximum Gasteiger partial charge on any atom is 0.123 e. The van der Waals surface area contributed by atoms with Crippen LogP contribution in [0.15, 0.2) is 54.1 Å². The van der Waals surface area contributed by atoms with Crippen LogP contribution in [0.1, 0.15) is 102 Å². The summed E-state index contributed by atoms with van der Waals surface area (Å²) >= 11 is 0. The van der Waals surface area contributed by atoms with Crippen molar-refractivity contribution in [3.8, 4) is 23.0 Å². The Kier molecular flexibility index (Phi) is 11.9. The molecule has 0 fully saturated rings. The molecule has 36 heavy (non-hydrogen) atoms. The van der Waals surface area contributed by atoms with Crippen molar-refractivity contribution in [1.82, 2.24) is 0 Å². The predicted molar refractivity (Wildman–Crippen MR) is 150 cm³/mol. The summed E-state index contributed by atoms with van der Waals surface area (Å²) in [5, 5.41) is 39.5. The predicted octanol–water partition coefficient (Wildman–Crippen LogP) is 8.68. The van der Waals surface area contributed by atoms with Gasteiger partial charge in [0, 0.05) is 17.5 Å². The Balaban J connectivity index is 0.000000297. The molecule has 3 rings (SSSR count).